The minimum atomic E-state index is -1.16. The summed E-state index contributed by atoms with van der Waals surface area (Å²) in [5, 5.41) is 11.8. The Balaban J connectivity index is 1.69. The number of carbonyl (C=O) groups is 3. The van der Waals surface area contributed by atoms with Gasteiger partial charge in [-0.1, -0.05) is 36.3 Å². The number of thioether (sulfide) groups is 2. The van der Waals surface area contributed by atoms with Gasteiger partial charge in [0.1, 0.15) is 17.1 Å². The van der Waals surface area contributed by atoms with Crippen LogP contribution in [0.2, 0.25) is 0 Å². The highest BCUT2D eigenvalue weighted by molar-refractivity contribution is 8.06. The van der Waals surface area contributed by atoms with Crippen molar-refractivity contribution in [1.29, 1.82) is 0 Å². The monoisotopic (exact) mass is 388 g/mol. The number of carboxylic acid groups (broad SMARTS) is 1. The Hall–Kier alpha value is -2.37. The first-order valence-electron chi connectivity index (χ1n) is 7.83. The summed E-state index contributed by atoms with van der Waals surface area (Å²) in [5.41, 5.74) is 0.830. The van der Waals surface area contributed by atoms with Gasteiger partial charge in [0.2, 0.25) is 5.91 Å². The van der Waals surface area contributed by atoms with Gasteiger partial charge in [-0.2, -0.15) is 0 Å². The summed E-state index contributed by atoms with van der Waals surface area (Å²) in [5.74, 6) is 1.43. The topological polar surface area (TPSA) is 86.7 Å². The van der Waals surface area contributed by atoms with Gasteiger partial charge in [0, 0.05) is 10.7 Å². The zero-order valence-electron chi connectivity index (χ0n) is 13.7. The highest BCUT2D eigenvalue weighted by Crippen LogP contribution is 2.43. The Kier molecular flexibility index (Phi) is 5.59. The molecular weight excluding hydrogens is 372 g/mol. The number of hydrogen-bond donors (Lipinski definition) is 2. The number of amides is 2. The molecule has 0 unspecified atom stereocenters. The molecule has 0 radical (unpaired) electrons. The van der Waals surface area contributed by atoms with E-state index in [-0.39, 0.29) is 18.0 Å². The second-order valence-corrected chi connectivity index (χ2v) is 7.86. The van der Waals surface area contributed by atoms with Gasteiger partial charge in [-0.25, -0.2) is 4.79 Å². The van der Waals surface area contributed by atoms with Crippen LogP contribution >= 0.6 is 23.5 Å². The number of carbonyl (C=O) groups excluding carboxylic acids is 2. The number of carboxylic acids is 1. The van der Waals surface area contributed by atoms with E-state index in [0.29, 0.717) is 16.4 Å². The molecule has 1 aromatic carbocycles. The number of nitrogens with one attached hydrogen (secondary N) is 1. The summed E-state index contributed by atoms with van der Waals surface area (Å²) in [6.07, 6.45) is 5.41. The Bertz CT molecular complexity index is 816. The van der Waals surface area contributed by atoms with E-state index in [1.165, 1.54) is 28.4 Å². The SMILES string of the molecule is C#CCSC1=C(C(=O)O)N2C(=O)[C@@H](NC(=O)Cc3ccccc3)[C@@H]2SC1. The van der Waals surface area contributed by atoms with Crippen LogP contribution in [0, 0.1) is 12.3 Å². The first-order valence-corrected chi connectivity index (χ1v) is 9.87. The fraction of sp³-hybridized carbons (Fsp3) is 0.278. The molecule has 8 heteroatoms. The van der Waals surface area contributed by atoms with Crippen LogP contribution in [0.15, 0.2) is 40.9 Å². The van der Waals surface area contributed by atoms with Gasteiger partial charge in [-0.3, -0.25) is 14.5 Å². The number of fused-ring (bicyclic) bond motifs is 1. The largest absolute Gasteiger partial charge is 0.477 e. The highest BCUT2D eigenvalue weighted by atomic mass is 32.2. The lowest BCUT2D eigenvalue weighted by Gasteiger charge is -2.49. The highest BCUT2D eigenvalue weighted by Gasteiger charge is 2.54. The first kappa shape index (κ1) is 18.4. The molecule has 1 saturated heterocycles. The van der Waals surface area contributed by atoms with Crippen molar-refractivity contribution >= 4 is 41.3 Å². The van der Waals surface area contributed by atoms with Crippen LogP contribution < -0.4 is 5.32 Å². The molecule has 6 nitrogen and oxygen atoms in total. The lowest BCUT2D eigenvalue weighted by molar-refractivity contribution is -0.150. The van der Waals surface area contributed by atoms with E-state index in [2.05, 4.69) is 11.2 Å². The molecule has 134 valence electrons. The summed E-state index contributed by atoms with van der Waals surface area (Å²) in [6.45, 7) is 0. The lowest BCUT2D eigenvalue weighted by atomic mass is 10.0. The third kappa shape index (κ3) is 3.59. The molecule has 3 rings (SSSR count). The van der Waals surface area contributed by atoms with E-state index in [0.717, 1.165) is 5.56 Å². The van der Waals surface area contributed by atoms with Crippen molar-refractivity contribution in [3.8, 4) is 12.3 Å². The smallest absolute Gasteiger partial charge is 0.353 e. The molecule has 0 spiro atoms. The Morgan fingerprint density at radius 1 is 1.38 bits per heavy atom. The number of terminal acetylenes is 1. The molecule has 2 atom stereocenters. The maximum Gasteiger partial charge on any atom is 0.353 e. The summed E-state index contributed by atoms with van der Waals surface area (Å²) in [4.78, 5) is 38.1. The fourth-order valence-corrected chi connectivity index (χ4v) is 5.15. The quantitative estimate of drug-likeness (QED) is 0.564. The molecule has 1 aromatic rings. The molecule has 0 bridgehead atoms. The third-order valence-corrected chi connectivity index (χ3v) is 6.45. The molecule has 2 aliphatic rings. The van der Waals surface area contributed by atoms with E-state index in [1.807, 2.05) is 30.3 Å². The maximum absolute atomic E-state index is 12.5. The van der Waals surface area contributed by atoms with Crippen molar-refractivity contribution in [3.63, 3.8) is 0 Å². The molecule has 0 aromatic heterocycles. The van der Waals surface area contributed by atoms with E-state index >= 15 is 0 Å². The van der Waals surface area contributed by atoms with Gasteiger partial charge < -0.3 is 10.4 Å². The Morgan fingerprint density at radius 3 is 2.77 bits per heavy atom. The van der Waals surface area contributed by atoms with Crippen LogP contribution in [0.3, 0.4) is 0 Å². The average molecular weight is 388 g/mol. The Morgan fingerprint density at radius 2 is 2.12 bits per heavy atom. The number of aliphatic carboxylic acids is 1. The second-order valence-electron chi connectivity index (χ2n) is 5.69. The third-order valence-electron chi connectivity index (χ3n) is 3.99. The normalized spacial score (nSPS) is 21.5. The van der Waals surface area contributed by atoms with Crippen molar-refractivity contribution in [1.82, 2.24) is 10.2 Å². The second kappa shape index (κ2) is 7.89. The van der Waals surface area contributed by atoms with Crippen molar-refractivity contribution < 1.29 is 19.5 Å². The standard InChI is InChI=1S/C18H16N2O4S2/c1-2-8-25-12-10-26-17-14(16(22)20(17)15(12)18(23)24)19-13(21)9-11-6-4-3-5-7-11/h1,3-7,14,17H,8-10H2,(H,19,21)(H,23,24)/t14-,17+/m1/s1. The van der Waals surface area contributed by atoms with Crippen molar-refractivity contribution in [2.75, 3.05) is 11.5 Å². The zero-order chi connectivity index (χ0) is 18.7. The minimum absolute atomic E-state index is 0.0208. The van der Waals surface area contributed by atoms with Gasteiger partial charge in [0.05, 0.1) is 12.2 Å². The number of hydrogen-bond acceptors (Lipinski definition) is 5. The predicted octanol–water partition coefficient (Wildman–Crippen LogP) is 1.29. The average Bonchev–Trinajstić information content (AvgIpc) is 2.64. The van der Waals surface area contributed by atoms with Crippen molar-refractivity contribution in [2.24, 2.45) is 0 Å². The van der Waals surface area contributed by atoms with Crippen LogP contribution in [0.25, 0.3) is 0 Å². The number of nitrogens with zero attached hydrogens (tertiary/aromatic N) is 1. The summed E-state index contributed by atoms with van der Waals surface area (Å²) < 4.78 is 0. The van der Waals surface area contributed by atoms with Crippen LogP contribution in [0.5, 0.6) is 0 Å². The van der Waals surface area contributed by atoms with E-state index in [4.69, 9.17) is 6.42 Å². The summed E-state index contributed by atoms with van der Waals surface area (Å²) in [7, 11) is 0. The molecule has 2 aliphatic heterocycles. The minimum Gasteiger partial charge on any atom is -0.477 e. The van der Waals surface area contributed by atoms with Gasteiger partial charge in [0.25, 0.3) is 5.91 Å². The fourth-order valence-electron chi connectivity index (χ4n) is 2.84. The number of benzene rings is 1. The molecule has 2 amide bonds. The molecule has 2 heterocycles. The molecule has 0 saturated carbocycles. The number of rotatable bonds is 6. The molecule has 1 fully saturated rings. The van der Waals surface area contributed by atoms with Crippen LogP contribution in [0.4, 0.5) is 0 Å². The molecule has 0 aliphatic carbocycles. The molecule has 26 heavy (non-hydrogen) atoms. The molecular formula is C18H16N2O4S2. The predicted molar refractivity (Wildman–Crippen MR) is 101 cm³/mol. The van der Waals surface area contributed by atoms with Gasteiger partial charge in [-0.15, -0.1) is 29.9 Å². The number of β-lactam (4-membered cyclic amide) rings is 1. The molecule has 2 N–H and O–H groups in total. The zero-order valence-corrected chi connectivity index (χ0v) is 15.3. The van der Waals surface area contributed by atoms with E-state index in [9.17, 15) is 19.5 Å². The van der Waals surface area contributed by atoms with E-state index in [1.54, 1.807) is 0 Å². The van der Waals surface area contributed by atoms with Crippen LogP contribution in [0.1, 0.15) is 5.56 Å². The summed E-state index contributed by atoms with van der Waals surface area (Å²) >= 11 is 2.69. The van der Waals surface area contributed by atoms with Crippen molar-refractivity contribution in [2.45, 2.75) is 17.8 Å². The van der Waals surface area contributed by atoms with Gasteiger partial charge in [-0.05, 0) is 5.56 Å². The van der Waals surface area contributed by atoms with Gasteiger partial charge in [0.15, 0.2) is 0 Å². The Labute approximate surface area is 159 Å². The van der Waals surface area contributed by atoms with Crippen LogP contribution in [-0.4, -0.2) is 50.7 Å². The van der Waals surface area contributed by atoms with Crippen LogP contribution in [-0.2, 0) is 20.8 Å². The first-order chi connectivity index (χ1) is 12.5. The van der Waals surface area contributed by atoms with E-state index < -0.39 is 23.3 Å². The van der Waals surface area contributed by atoms with Crippen molar-refractivity contribution in [3.05, 3.63) is 46.5 Å². The van der Waals surface area contributed by atoms with Gasteiger partial charge >= 0.3 is 5.97 Å². The summed E-state index contributed by atoms with van der Waals surface area (Å²) in [6, 6.07) is 8.52. The maximum atomic E-state index is 12.5. The lowest BCUT2D eigenvalue weighted by Crippen LogP contribution is -2.70.